The lowest BCUT2D eigenvalue weighted by molar-refractivity contribution is -0.154. The topological polar surface area (TPSA) is 77.5 Å². The second kappa shape index (κ2) is 9.50. The van der Waals surface area contributed by atoms with Gasteiger partial charge in [-0.25, -0.2) is 0 Å². The molecule has 0 aliphatic rings. The van der Waals surface area contributed by atoms with E-state index < -0.39 is 18.0 Å². The number of hydrogen-bond donors (Lipinski definition) is 1. The number of carbonyl (C=O) groups is 2. The summed E-state index contributed by atoms with van der Waals surface area (Å²) in [5.74, 6) is -0.258. The van der Waals surface area contributed by atoms with Gasteiger partial charge in [0.05, 0.1) is 13.5 Å². The van der Waals surface area contributed by atoms with Gasteiger partial charge in [-0.3, -0.25) is 14.6 Å². The molecule has 1 unspecified atom stereocenters. The Bertz CT molecular complexity index is 954. The summed E-state index contributed by atoms with van der Waals surface area (Å²) in [5.41, 5.74) is 2.76. The third kappa shape index (κ3) is 5.65. The molecule has 0 saturated heterocycles. The van der Waals surface area contributed by atoms with E-state index >= 15 is 0 Å². The Kier molecular flexibility index (Phi) is 6.58. The summed E-state index contributed by atoms with van der Waals surface area (Å²) in [5, 5.41) is 2.78. The molecule has 2 aromatic carbocycles. The van der Waals surface area contributed by atoms with Crippen molar-refractivity contribution >= 4 is 17.6 Å². The van der Waals surface area contributed by atoms with Crippen molar-refractivity contribution in [2.75, 3.05) is 12.4 Å². The van der Waals surface area contributed by atoms with Crippen LogP contribution in [0.15, 0.2) is 72.9 Å². The summed E-state index contributed by atoms with van der Waals surface area (Å²) < 4.78 is 10.7. The maximum atomic E-state index is 12.9. The van der Waals surface area contributed by atoms with Gasteiger partial charge in [0.1, 0.15) is 5.75 Å². The molecule has 1 atom stereocenters. The molecule has 1 amide bonds. The number of rotatable bonds is 7. The van der Waals surface area contributed by atoms with Crippen molar-refractivity contribution < 1.29 is 19.1 Å². The van der Waals surface area contributed by atoms with Crippen LogP contribution in [0.5, 0.6) is 5.75 Å². The summed E-state index contributed by atoms with van der Waals surface area (Å²) in [6.07, 6.45) is 0.599. The predicted molar refractivity (Wildman–Crippen MR) is 110 cm³/mol. The number of methoxy groups -OCH3 is 1. The molecule has 0 fully saturated rings. The number of aryl methyl sites for hydroxylation is 1. The van der Waals surface area contributed by atoms with Crippen LogP contribution in [0.3, 0.4) is 0 Å². The van der Waals surface area contributed by atoms with Crippen LogP contribution in [0, 0.1) is 6.92 Å². The van der Waals surface area contributed by atoms with Gasteiger partial charge in [-0.1, -0.05) is 36.4 Å². The van der Waals surface area contributed by atoms with Crippen molar-refractivity contribution in [3.63, 3.8) is 0 Å². The standard InChI is InChI=1S/C23H22N2O4/c1-16-8-9-17(15-24-16)14-21(26)29-22(18-6-4-3-5-7-18)23(27)25-19-10-12-20(28-2)13-11-19/h3-13,15,22H,14H2,1-2H3,(H,25,27). The Labute approximate surface area is 169 Å². The third-order valence-corrected chi connectivity index (χ3v) is 4.27. The van der Waals surface area contributed by atoms with Crippen LogP contribution in [0.25, 0.3) is 0 Å². The number of anilines is 1. The van der Waals surface area contributed by atoms with Crippen molar-refractivity contribution in [3.05, 3.63) is 89.7 Å². The molecule has 3 rings (SSSR count). The molecule has 0 aliphatic heterocycles. The predicted octanol–water partition coefficient (Wildman–Crippen LogP) is 3.86. The second-order valence-electron chi connectivity index (χ2n) is 6.48. The normalized spacial score (nSPS) is 11.4. The first-order valence-electron chi connectivity index (χ1n) is 9.16. The van der Waals surface area contributed by atoms with Gasteiger partial charge in [0.25, 0.3) is 5.91 Å². The molecule has 1 aromatic heterocycles. The summed E-state index contributed by atoms with van der Waals surface area (Å²) in [6, 6.07) is 19.5. The SMILES string of the molecule is COc1ccc(NC(=O)C(OC(=O)Cc2ccc(C)nc2)c2ccccc2)cc1. The van der Waals surface area contributed by atoms with Gasteiger partial charge in [-0.15, -0.1) is 0 Å². The van der Waals surface area contributed by atoms with Crippen LogP contribution in [0.1, 0.15) is 22.9 Å². The van der Waals surface area contributed by atoms with Gasteiger partial charge in [-0.05, 0) is 42.8 Å². The van der Waals surface area contributed by atoms with Gasteiger partial charge in [0, 0.05) is 23.1 Å². The number of nitrogens with zero attached hydrogens (tertiary/aromatic N) is 1. The molecule has 1 N–H and O–H groups in total. The first-order chi connectivity index (χ1) is 14.0. The third-order valence-electron chi connectivity index (χ3n) is 4.27. The van der Waals surface area contributed by atoms with Gasteiger partial charge >= 0.3 is 5.97 Å². The lowest BCUT2D eigenvalue weighted by atomic mass is 10.1. The number of nitrogens with one attached hydrogen (secondary N) is 1. The summed E-state index contributed by atoms with van der Waals surface area (Å²) in [4.78, 5) is 29.5. The molecular weight excluding hydrogens is 368 g/mol. The number of esters is 1. The molecule has 0 spiro atoms. The quantitative estimate of drug-likeness (QED) is 0.620. The number of benzene rings is 2. The van der Waals surface area contributed by atoms with E-state index in [0.717, 1.165) is 11.3 Å². The molecule has 0 radical (unpaired) electrons. The van der Waals surface area contributed by atoms with E-state index in [9.17, 15) is 9.59 Å². The van der Waals surface area contributed by atoms with E-state index in [0.29, 0.717) is 17.0 Å². The highest BCUT2D eigenvalue weighted by atomic mass is 16.5. The highest BCUT2D eigenvalue weighted by Gasteiger charge is 2.25. The average molecular weight is 390 g/mol. The van der Waals surface area contributed by atoms with Crippen LogP contribution in [-0.4, -0.2) is 24.0 Å². The van der Waals surface area contributed by atoms with E-state index in [1.807, 2.05) is 25.1 Å². The van der Waals surface area contributed by atoms with E-state index in [1.54, 1.807) is 61.8 Å². The molecule has 1 heterocycles. The molecule has 0 aliphatic carbocycles. The number of aromatic nitrogens is 1. The zero-order chi connectivity index (χ0) is 20.6. The highest BCUT2D eigenvalue weighted by molar-refractivity contribution is 5.96. The van der Waals surface area contributed by atoms with Gasteiger partial charge in [-0.2, -0.15) is 0 Å². The summed E-state index contributed by atoms with van der Waals surface area (Å²) in [6.45, 7) is 1.87. The van der Waals surface area contributed by atoms with Gasteiger partial charge in [0.15, 0.2) is 0 Å². The number of carbonyl (C=O) groups excluding carboxylic acids is 2. The van der Waals surface area contributed by atoms with Gasteiger partial charge in [0.2, 0.25) is 6.10 Å². The number of pyridine rings is 1. The smallest absolute Gasteiger partial charge is 0.311 e. The minimum absolute atomic E-state index is 0.0342. The zero-order valence-corrected chi connectivity index (χ0v) is 16.3. The fraction of sp³-hybridized carbons (Fsp3) is 0.174. The van der Waals surface area contributed by atoms with E-state index in [4.69, 9.17) is 9.47 Å². The van der Waals surface area contributed by atoms with Crippen LogP contribution >= 0.6 is 0 Å². The Morgan fingerprint density at radius 1 is 1.00 bits per heavy atom. The van der Waals surface area contributed by atoms with Gasteiger partial charge < -0.3 is 14.8 Å². The zero-order valence-electron chi connectivity index (χ0n) is 16.3. The fourth-order valence-corrected chi connectivity index (χ4v) is 2.73. The molecule has 3 aromatic rings. The minimum atomic E-state index is -1.07. The summed E-state index contributed by atoms with van der Waals surface area (Å²) in [7, 11) is 1.57. The Balaban J connectivity index is 1.74. The summed E-state index contributed by atoms with van der Waals surface area (Å²) >= 11 is 0. The largest absolute Gasteiger partial charge is 0.497 e. The van der Waals surface area contributed by atoms with Crippen molar-refractivity contribution in [1.82, 2.24) is 4.98 Å². The Morgan fingerprint density at radius 2 is 1.72 bits per heavy atom. The van der Waals surface area contributed by atoms with Crippen LogP contribution in [0.4, 0.5) is 5.69 Å². The monoisotopic (exact) mass is 390 g/mol. The Morgan fingerprint density at radius 3 is 2.34 bits per heavy atom. The highest BCUT2D eigenvalue weighted by Crippen LogP contribution is 2.22. The molecular formula is C23H22N2O4. The lowest BCUT2D eigenvalue weighted by Crippen LogP contribution is -2.26. The van der Waals surface area contributed by atoms with Crippen molar-refractivity contribution in [3.8, 4) is 5.75 Å². The fourth-order valence-electron chi connectivity index (χ4n) is 2.73. The number of hydrogen-bond acceptors (Lipinski definition) is 5. The van der Waals surface area contributed by atoms with Crippen molar-refractivity contribution in [1.29, 1.82) is 0 Å². The number of amides is 1. The first kappa shape index (κ1) is 20.1. The minimum Gasteiger partial charge on any atom is -0.497 e. The first-order valence-corrected chi connectivity index (χ1v) is 9.16. The average Bonchev–Trinajstić information content (AvgIpc) is 2.75. The van der Waals surface area contributed by atoms with E-state index in [1.165, 1.54) is 0 Å². The molecule has 6 heteroatoms. The maximum Gasteiger partial charge on any atom is 0.311 e. The molecule has 29 heavy (non-hydrogen) atoms. The lowest BCUT2D eigenvalue weighted by Gasteiger charge is -2.18. The molecule has 148 valence electrons. The number of ether oxygens (including phenoxy) is 2. The maximum absolute atomic E-state index is 12.9. The van der Waals surface area contributed by atoms with Crippen LogP contribution in [0.2, 0.25) is 0 Å². The van der Waals surface area contributed by atoms with Crippen LogP contribution < -0.4 is 10.1 Å². The van der Waals surface area contributed by atoms with Crippen molar-refractivity contribution in [2.45, 2.75) is 19.4 Å². The second-order valence-corrected chi connectivity index (χ2v) is 6.48. The van der Waals surface area contributed by atoms with E-state index in [-0.39, 0.29) is 6.42 Å². The Hall–Kier alpha value is -3.67. The molecule has 0 saturated carbocycles. The van der Waals surface area contributed by atoms with E-state index in [2.05, 4.69) is 10.3 Å². The van der Waals surface area contributed by atoms with Crippen molar-refractivity contribution in [2.24, 2.45) is 0 Å². The molecule has 0 bridgehead atoms. The molecule has 6 nitrogen and oxygen atoms in total. The van der Waals surface area contributed by atoms with Crippen LogP contribution in [-0.2, 0) is 20.7 Å².